The second-order valence-corrected chi connectivity index (χ2v) is 7.55. The summed E-state index contributed by atoms with van der Waals surface area (Å²) in [5.41, 5.74) is 0.362. The number of esters is 1. The van der Waals surface area contributed by atoms with Crippen LogP contribution in [0.25, 0.3) is 0 Å². The number of ether oxygens (including phenoxy) is 1. The van der Waals surface area contributed by atoms with Crippen molar-refractivity contribution in [3.8, 4) is 0 Å². The van der Waals surface area contributed by atoms with Crippen molar-refractivity contribution >= 4 is 16.0 Å². The number of carbonyl (C=O) groups is 1. The van der Waals surface area contributed by atoms with E-state index >= 15 is 0 Å². The van der Waals surface area contributed by atoms with Gasteiger partial charge in [0.1, 0.15) is 0 Å². The van der Waals surface area contributed by atoms with Crippen molar-refractivity contribution in [2.24, 2.45) is 0 Å². The van der Waals surface area contributed by atoms with Crippen LogP contribution in [-0.4, -0.2) is 37.4 Å². The number of hydrogen-bond donors (Lipinski definition) is 0. The Hall–Kier alpha value is -1.40. The molecule has 1 aromatic rings. The van der Waals surface area contributed by atoms with Gasteiger partial charge in [-0.3, -0.25) is 0 Å². The quantitative estimate of drug-likeness (QED) is 0.799. The Labute approximate surface area is 132 Å². The smallest absolute Gasteiger partial charge is 0.338 e. The van der Waals surface area contributed by atoms with Crippen molar-refractivity contribution in [1.82, 2.24) is 4.31 Å². The van der Waals surface area contributed by atoms with Crippen LogP contribution in [0.2, 0.25) is 0 Å². The average Bonchev–Trinajstić information content (AvgIpc) is 2.47. The number of carbonyl (C=O) groups excluding carboxylic acids is 1. The highest BCUT2D eigenvalue weighted by Crippen LogP contribution is 2.29. The number of nitrogens with zero attached hydrogens (tertiary/aromatic N) is 1. The molecule has 1 fully saturated rings. The van der Waals surface area contributed by atoms with Crippen LogP contribution in [0.15, 0.2) is 29.2 Å². The monoisotopic (exact) mass is 325 g/mol. The average molecular weight is 325 g/mol. The molecule has 0 aromatic heterocycles. The normalized spacial score (nSPS) is 23.2. The van der Waals surface area contributed by atoms with E-state index in [9.17, 15) is 13.2 Å². The van der Waals surface area contributed by atoms with Crippen LogP contribution < -0.4 is 0 Å². The molecule has 1 heterocycles. The number of hydrogen-bond acceptors (Lipinski definition) is 4. The topological polar surface area (TPSA) is 63.7 Å². The fraction of sp³-hybridized carbons (Fsp3) is 0.562. The van der Waals surface area contributed by atoms with Gasteiger partial charge in [0, 0.05) is 12.1 Å². The van der Waals surface area contributed by atoms with Crippen molar-refractivity contribution in [3.63, 3.8) is 0 Å². The van der Waals surface area contributed by atoms with E-state index in [1.807, 2.05) is 13.8 Å². The highest BCUT2D eigenvalue weighted by molar-refractivity contribution is 7.89. The maximum atomic E-state index is 12.8. The van der Waals surface area contributed by atoms with Gasteiger partial charge >= 0.3 is 5.97 Å². The summed E-state index contributed by atoms with van der Waals surface area (Å²) in [6, 6.07) is 5.97. The Balaban J connectivity index is 2.28. The minimum atomic E-state index is -3.53. The molecule has 1 aromatic carbocycles. The number of piperidine rings is 1. The van der Waals surface area contributed by atoms with Crippen molar-refractivity contribution in [3.05, 3.63) is 29.8 Å². The van der Waals surface area contributed by atoms with Crippen LogP contribution in [0.1, 0.15) is 50.4 Å². The zero-order valence-electron chi connectivity index (χ0n) is 13.3. The van der Waals surface area contributed by atoms with Crippen LogP contribution in [0.4, 0.5) is 0 Å². The molecule has 1 saturated heterocycles. The molecule has 22 heavy (non-hydrogen) atoms. The van der Waals surface area contributed by atoms with Gasteiger partial charge in [-0.1, -0.05) is 6.42 Å². The maximum absolute atomic E-state index is 12.8. The van der Waals surface area contributed by atoms with Gasteiger partial charge in [0.15, 0.2) is 0 Å². The van der Waals surface area contributed by atoms with E-state index in [0.29, 0.717) is 12.2 Å². The van der Waals surface area contributed by atoms with Gasteiger partial charge in [-0.2, -0.15) is 4.31 Å². The molecular formula is C16H23NO4S. The summed E-state index contributed by atoms with van der Waals surface area (Å²) in [6.07, 6.45) is 2.81. The Morgan fingerprint density at radius 3 is 2.23 bits per heavy atom. The predicted octanol–water partition coefficient (Wildman–Crippen LogP) is 2.81. The van der Waals surface area contributed by atoms with Crippen molar-refractivity contribution in [1.29, 1.82) is 0 Å². The molecule has 0 saturated carbocycles. The largest absolute Gasteiger partial charge is 0.462 e. The van der Waals surface area contributed by atoms with Crippen molar-refractivity contribution in [2.45, 2.75) is 57.0 Å². The number of rotatable bonds is 4. The van der Waals surface area contributed by atoms with Gasteiger partial charge in [0.05, 0.1) is 17.1 Å². The summed E-state index contributed by atoms with van der Waals surface area (Å²) in [7, 11) is -3.53. The second kappa shape index (κ2) is 6.79. The fourth-order valence-electron chi connectivity index (χ4n) is 2.97. The molecule has 2 atom stereocenters. The maximum Gasteiger partial charge on any atom is 0.338 e. The summed E-state index contributed by atoms with van der Waals surface area (Å²) in [5.74, 6) is -0.439. The first-order valence-corrected chi connectivity index (χ1v) is 9.12. The van der Waals surface area contributed by atoms with E-state index in [4.69, 9.17) is 4.74 Å². The van der Waals surface area contributed by atoms with Crippen LogP contribution in [0.3, 0.4) is 0 Å². The molecule has 0 aliphatic carbocycles. The van der Waals surface area contributed by atoms with E-state index in [-0.39, 0.29) is 17.0 Å². The Morgan fingerprint density at radius 2 is 1.73 bits per heavy atom. The van der Waals surface area contributed by atoms with Gasteiger partial charge in [-0.15, -0.1) is 0 Å². The van der Waals surface area contributed by atoms with Crippen LogP contribution in [-0.2, 0) is 14.8 Å². The lowest BCUT2D eigenvalue weighted by molar-refractivity contribution is 0.0526. The third-order valence-corrected chi connectivity index (χ3v) is 6.20. The minimum absolute atomic E-state index is 0.00140. The molecule has 2 rings (SSSR count). The summed E-state index contributed by atoms with van der Waals surface area (Å²) in [6.45, 7) is 5.91. The standard InChI is InChI=1S/C16H23NO4S/c1-4-21-16(18)14-8-10-15(11-9-14)22(19,20)17-12(2)6-5-7-13(17)3/h8-13H,4-7H2,1-3H3/t12-,13-/m1/s1. The van der Waals surface area contributed by atoms with E-state index in [2.05, 4.69) is 0 Å². The molecule has 1 aliphatic heterocycles. The third kappa shape index (κ3) is 3.33. The summed E-state index contributed by atoms with van der Waals surface area (Å²) >= 11 is 0. The van der Waals surface area contributed by atoms with Crippen LogP contribution >= 0.6 is 0 Å². The van der Waals surface area contributed by atoms with Gasteiger partial charge in [-0.05, 0) is 57.9 Å². The molecule has 0 radical (unpaired) electrons. The highest BCUT2D eigenvalue weighted by atomic mass is 32.2. The zero-order valence-corrected chi connectivity index (χ0v) is 14.1. The van der Waals surface area contributed by atoms with Gasteiger partial charge in [0.25, 0.3) is 0 Å². The molecule has 5 nitrogen and oxygen atoms in total. The molecule has 0 N–H and O–H groups in total. The number of benzene rings is 1. The summed E-state index contributed by atoms with van der Waals surface area (Å²) in [5, 5.41) is 0. The molecule has 1 aliphatic rings. The summed E-state index contributed by atoms with van der Waals surface area (Å²) in [4.78, 5) is 11.9. The molecule has 122 valence electrons. The highest BCUT2D eigenvalue weighted by Gasteiger charge is 2.35. The van der Waals surface area contributed by atoms with E-state index < -0.39 is 16.0 Å². The predicted molar refractivity (Wildman–Crippen MR) is 84.2 cm³/mol. The lowest BCUT2D eigenvalue weighted by atomic mass is 10.0. The van der Waals surface area contributed by atoms with E-state index in [1.54, 1.807) is 11.2 Å². The Morgan fingerprint density at radius 1 is 1.18 bits per heavy atom. The first-order valence-electron chi connectivity index (χ1n) is 7.68. The Kier molecular flexibility index (Phi) is 5.24. The third-order valence-electron chi connectivity index (χ3n) is 4.05. The Bertz CT molecular complexity index is 614. The molecule has 0 spiro atoms. The van der Waals surface area contributed by atoms with Gasteiger partial charge in [0.2, 0.25) is 10.0 Å². The molecule has 6 heteroatoms. The SMILES string of the molecule is CCOC(=O)c1ccc(S(=O)(=O)N2[C@H](C)CCC[C@H]2C)cc1. The van der Waals surface area contributed by atoms with Crippen molar-refractivity contribution in [2.75, 3.05) is 6.61 Å². The van der Waals surface area contributed by atoms with Gasteiger partial charge in [-0.25, -0.2) is 13.2 Å². The summed E-state index contributed by atoms with van der Waals surface area (Å²) < 4.78 is 32.1. The van der Waals surface area contributed by atoms with E-state index in [0.717, 1.165) is 19.3 Å². The van der Waals surface area contributed by atoms with Crippen LogP contribution in [0.5, 0.6) is 0 Å². The minimum Gasteiger partial charge on any atom is -0.462 e. The van der Waals surface area contributed by atoms with E-state index in [1.165, 1.54) is 24.3 Å². The number of sulfonamides is 1. The first-order chi connectivity index (χ1) is 10.4. The molecule has 0 amide bonds. The first kappa shape index (κ1) is 17.0. The molecule has 0 unspecified atom stereocenters. The zero-order chi connectivity index (χ0) is 16.3. The lowest BCUT2D eigenvalue weighted by Crippen LogP contribution is -2.47. The second-order valence-electron chi connectivity index (χ2n) is 5.71. The van der Waals surface area contributed by atoms with Gasteiger partial charge < -0.3 is 4.74 Å². The van der Waals surface area contributed by atoms with Crippen LogP contribution in [0, 0.1) is 0 Å². The molecular weight excluding hydrogens is 302 g/mol. The lowest BCUT2D eigenvalue weighted by Gasteiger charge is -2.37. The molecule has 0 bridgehead atoms. The van der Waals surface area contributed by atoms with Crippen molar-refractivity contribution < 1.29 is 17.9 Å². The fourth-order valence-corrected chi connectivity index (χ4v) is 4.85.